The number of ether oxygens (including phenoxy) is 3. The number of rotatable bonds is 8. The molecule has 0 spiro atoms. The van der Waals surface area contributed by atoms with Gasteiger partial charge in [0.15, 0.2) is 18.1 Å². The van der Waals surface area contributed by atoms with E-state index in [1.807, 2.05) is 0 Å². The van der Waals surface area contributed by atoms with Gasteiger partial charge in [0.2, 0.25) is 0 Å². The first-order valence-corrected chi connectivity index (χ1v) is 7.76. The summed E-state index contributed by atoms with van der Waals surface area (Å²) in [4.78, 5) is 11.1. The van der Waals surface area contributed by atoms with Crippen molar-refractivity contribution in [3.63, 3.8) is 0 Å². The average molecular weight is 485 g/mol. The van der Waals surface area contributed by atoms with E-state index in [2.05, 4.69) is 25.8 Å². The summed E-state index contributed by atoms with van der Waals surface area (Å²) in [5.74, 6) is -7.06. The molecule has 28 heavy (non-hydrogen) atoms. The van der Waals surface area contributed by atoms with Crippen molar-refractivity contribution in [2.24, 2.45) is 5.10 Å². The van der Waals surface area contributed by atoms with Gasteiger partial charge in [-0.1, -0.05) is 0 Å². The van der Waals surface area contributed by atoms with E-state index in [4.69, 9.17) is 9.47 Å². The van der Waals surface area contributed by atoms with Crippen LogP contribution in [0, 0.1) is 0 Å². The zero-order chi connectivity index (χ0) is 21.8. The van der Waals surface area contributed by atoms with Crippen LogP contribution in [0.5, 0.6) is 11.5 Å². The smallest absolute Gasteiger partial charge is 0.462 e. The fourth-order valence-corrected chi connectivity index (χ4v) is 2.15. The van der Waals surface area contributed by atoms with Crippen molar-refractivity contribution in [1.29, 1.82) is 0 Å². The Hall–Kier alpha value is -2.25. The average Bonchev–Trinajstić information content (AvgIpc) is 2.58. The van der Waals surface area contributed by atoms with Gasteiger partial charge in [0, 0.05) is 0 Å². The van der Waals surface area contributed by atoms with Crippen molar-refractivity contribution in [2.75, 3.05) is 20.8 Å². The number of carbonyl (C=O) groups excluding carboxylic acids is 1. The maximum atomic E-state index is 13.1. The van der Waals surface area contributed by atoms with Crippen LogP contribution < -0.4 is 14.9 Å². The van der Waals surface area contributed by atoms with E-state index in [9.17, 15) is 35.5 Å². The van der Waals surface area contributed by atoms with E-state index < -0.39 is 30.7 Å². The van der Waals surface area contributed by atoms with Crippen molar-refractivity contribution in [3.8, 4) is 11.5 Å². The topological polar surface area (TPSA) is 69.2 Å². The Morgan fingerprint density at radius 1 is 1.18 bits per heavy atom. The van der Waals surface area contributed by atoms with Crippen LogP contribution in [-0.4, -0.2) is 51.2 Å². The third-order valence-electron chi connectivity index (χ3n) is 2.98. The van der Waals surface area contributed by atoms with Gasteiger partial charge in [-0.2, -0.15) is 35.8 Å². The summed E-state index contributed by atoms with van der Waals surface area (Å²) in [6.07, 6.45) is -5.93. The van der Waals surface area contributed by atoms with Crippen molar-refractivity contribution in [3.05, 3.63) is 22.2 Å². The van der Waals surface area contributed by atoms with Crippen molar-refractivity contribution in [1.82, 2.24) is 5.43 Å². The van der Waals surface area contributed by atoms with Gasteiger partial charge in [0.05, 0.1) is 24.9 Å². The van der Waals surface area contributed by atoms with Crippen LogP contribution in [0.2, 0.25) is 0 Å². The first-order valence-electron chi connectivity index (χ1n) is 6.96. The summed E-state index contributed by atoms with van der Waals surface area (Å²) in [7, 11) is 2.33. The molecule has 1 N–H and O–H groups in total. The van der Waals surface area contributed by atoms with Crippen molar-refractivity contribution in [2.45, 2.75) is 18.1 Å². The van der Waals surface area contributed by atoms with Crippen molar-refractivity contribution >= 4 is 28.1 Å². The summed E-state index contributed by atoms with van der Waals surface area (Å²) >= 11 is 3.04. The molecule has 0 saturated heterocycles. The van der Waals surface area contributed by atoms with E-state index in [1.54, 1.807) is 0 Å². The number of hydrogen-bond acceptors (Lipinski definition) is 6. The third-order valence-corrected chi connectivity index (χ3v) is 3.57. The second kappa shape index (κ2) is 8.84. The molecule has 0 bridgehead atoms. The van der Waals surface area contributed by atoms with Crippen LogP contribution in [0.15, 0.2) is 21.7 Å². The molecule has 0 atom stereocenters. The number of esters is 1. The number of nitrogens with zero attached hydrogens (tertiary/aromatic N) is 1. The molecule has 0 heterocycles. The van der Waals surface area contributed by atoms with Gasteiger partial charge in [-0.25, -0.2) is 10.2 Å². The Bertz CT molecular complexity index is 741. The number of carbonyl (C=O) groups is 1. The maximum absolute atomic E-state index is 13.1. The number of hydrogen-bond donors (Lipinski definition) is 1. The van der Waals surface area contributed by atoms with Crippen LogP contribution in [0.4, 0.5) is 30.7 Å². The molecular formula is C14H12BrF7N2O4. The molecule has 0 unspecified atom stereocenters. The zero-order valence-corrected chi connectivity index (χ0v) is 15.6. The second-order valence-corrected chi connectivity index (χ2v) is 5.77. The molecule has 158 valence electrons. The summed E-state index contributed by atoms with van der Waals surface area (Å²) in [6, 6.07) is -3.35. The standard InChI is InChI=1S/C14H12BrF7N2O4/c1-26-9-4-7(3-8(15)11(9)28-6-10(25)27-2)5-23-24-14(21,22)12(16,17)13(18,19)20/h3-5,24H,6H2,1-2H3/b23-5+. The lowest BCUT2D eigenvalue weighted by Crippen LogP contribution is -2.58. The highest BCUT2D eigenvalue weighted by Gasteiger charge is 2.73. The van der Waals surface area contributed by atoms with Gasteiger partial charge in [-0.05, 0) is 33.6 Å². The van der Waals surface area contributed by atoms with E-state index in [0.29, 0.717) is 11.6 Å². The van der Waals surface area contributed by atoms with Gasteiger partial charge in [-0.3, -0.25) is 0 Å². The molecule has 0 aliphatic heterocycles. The van der Waals surface area contributed by atoms with E-state index in [0.717, 1.165) is 13.2 Å². The summed E-state index contributed by atoms with van der Waals surface area (Å²) in [5, 5.41) is 2.73. The number of methoxy groups -OCH3 is 2. The highest BCUT2D eigenvalue weighted by Crippen LogP contribution is 2.45. The summed E-state index contributed by atoms with van der Waals surface area (Å²) in [5.41, 5.74) is 0.457. The van der Waals surface area contributed by atoms with Crippen LogP contribution in [0.1, 0.15) is 5.56 Å². The van der Waals surface area contributed by atoms with E-state index in [-0.39, 0.29) is 21.5 Å². The quantitative estimate of drug-likeness (QED) is 0.200. The SMILES string of the molecule is COC(=O)COc1c(Br)cc(/C=N/NC(F)(F)C(F)(F)C(F)(F)F)cc1OC. The minimum Gasteiger partial charge on any atom is -0.493 e. The molecule has 0 saturated carbocycles. The molecule has 1 rings (SSSR count). The first kappa shape index (κ1) is 23.8. The summed E-state index contributed by atoms with van der Waals surface area (Å²) < 4.78 is 102. The number of benzene rings is 1. The first-order chi connectivity index (χ1) is 12.8. The van der Waals surface area contributed by atoms with Crippen LogP contribution in [0.3, 0.4) is 0 Å². The molecule has 14 heteroatoms. The Kier molecular flexibility index (Phi) is 7.51. The monoisotopic (exact) mass is 484 g/mol. The second-order valence-electron chi connectivity index (χ2n) is 4.92. The number of hydrazone groups is 1. The lowest BCUT2D eigenvalue weighted by Gasteiger charge is -2.27. The highest BCUT2D eigenvalue weighted by molar-refractivity contribution is 9.10. The predicted octanol–water partition coefficient (Wildman–Crippen LogP) is 3.72. The molecule has 0 fully saturated rings. The molecule has 6 nitrogen and oxygen atoms in total. The van der Waals surface area contributed by atoms with Crippen molar-refractivity contribution < 1.29 is 49.7 Å². The van der Waals surface area contributed by atoms with E-state index in [1.165, 1.54) is 13.2 Å². The lowest BCUT2D eigenvalue weighted by atomic mass is 10.2. The van der Waals surface area contributed by atoms with Gasteiger partial charge < -0.3 is 14.2 Å². The molecular weight excluding hydrogens is 473 g/mol. The predicted molar refractivity (Wildman–Crippen MR) is 84.9 cm³/mol. The summed E-state index contributed by atoms with van der Waals surface area (Å²) in [6.45, 7) is -0.487. The minimum absolute atomic E-state index is 0.0203. The van der Waals surface area contributed by atoms with Gasteiger partial charge in [-0.15, -0.1) is 0 Å². The molecule has 0 aliphatic rings. The maximum Gasteiger partial charge on any atom is 0.462 e. The zero-order valence-electron chi connectivity index (χ0n) is 14.0. The van der Waals surface area contributed by atoms with Gasteiger partial charge in [0.1, 0.15) is 0 Å². The molecule has 0 radical (unpaired) electrons. The molecule has 0 aromatic heterocycles. The van der Waals surface area contributed by atoms with E-state index >= 15 is 0 Å². The Morgan fingerprint density at radius 3 is 2.29 bits per heavy atom. The van der Waals surface area contributed by atoms with Gasteiger partial charge >= 0.3 is 24.1 Å². The van der Waals surface area contributed by atoms with Crippen LogP contribution in [-0.2, 0) is 9.53 Å². The normalized spacial score (nSPS) is 12.8. The number of halogens is 8. The molecule has 1 aromatic carbocycles. The molecule has 0 amide bonds. The highest BCUT2D eigenvalue weighted by atomic mass is 79.9. The minimum atomic E-state index is -6.48. The molecule has 1 aromatic rings. The Balaban J connectivity index is 3.01. The van der Waals surface area contributed by atoms with Crippen LogP contribution >= 0.6 is 15.9 Å². The molecule has 0 aliphatic carbocycles. The fraction of sp³-hybridized carbons (Fsp3) is 0.429. The Morgan fingerprint density at radius 2 is 1.79 bits per heavy atom. The Labute approximate surface area is 161 Å². The third kappa shape index (κ3) is 5.39. The lowest BCUT2D eigenvalue weighted by molar-refractivity contribution is -0.361. The number of nitrogens with one attached hydrogen (secondary N) is 1. The fourth-order valence-electron chi connectivity index (χ4n) is 1.58. The number of alkyl halides is 7. The van der Waals surface area contributed by atoms with Crippen LogP contribution in [0.25, 0.3) is 0 Å². The van der Waals surface area contributed by atoms with Gasteiger partial charge in [0.25, 0.3) is 0 Å². The largest absolute Gasteiger partial charge is 0.493 e.